The highest BCUT2D eigenvalue weighted by atomic mass is 19.2. The third-order valence-electron chi connectivity index (χ3n) is 3.42. The zero-order valence-corrected chi connectivity index (χ0v) is 14.0. The van der Waals surface area contributed by atoms with E-state index in [1.807, 2.05) is 13.8 Å². The summed E-state index contributed by atoms with van der Waals surface area (Å²) in [6.07, 6.45) is 2.24. The smallest absolute Gasteiger partial charge is 0.224 e. The third-order valence-corrected chi connectivity index (χ3v) is 3.42. The topological polar surface area (TPSA) is 49.4 Å². The predicted molar refractivity (Wildman–Crippen MR) is 86.0 cm³/mol. The number of rotatable bonds is 9. The minimum atomic E-state index is -1.32. The van der Waals surface area contributed by atoms with Gasteiger partial charge in [-0.25, -0.2) is 13.2 Å². The van der Waals surface area contributed by atoms with Crippen LogP contribution in [-0.2, 0) is 9.59 Å². The van der Waals surface area contributed by atoms with Gasteiger partial charge in [-0.15, -0.1) is 0 Å². The van der Waals surface area contributed by atoms with Crippen LogP contribution in [0.1, 0.15) is 46.0 Å². The number of benzene rings is 1. The number of halogens is 3. The summed E-state index contributed by atoms with van der Waals surface area (Å²) in [6, 6.07) is 0.972. The van der Waals surface area contributed by atoms with Crippen LogP contribution in [0.3, 0.4) is 0 Å². The van der Waals surface area contributed by atoms with Gasteiger partial charge in [-0.2, -0.15) is 0 Å². The van der Waals surface area contributed by atoms with Gasteiger partial charge in [0.05, 0.1) is 5.69 Å². The lowest BCUT2D eigenvalue weighted by molar-refractivity contribution is -0.131. The van der Waals surface area contributed by atoms with Crippen molar-refractivity contribution in [3.63, 3.8) is 0 Å². The van der Waals surface area contributed by atoms with Crippen LogP contribution in [0.4, 0.5) is 18.9 Å². The van der Waals surface area contributed by atoms with Crippen LogP contribution in [0.2, 0.25) is 0 Å². The fraction of sp³-hybridized carbons (Fsp3) is 0.529. The van der Waals surface area contributed by atoms with Crippen molar-refractivity contribution in [2.24, 2.45) is 0 Å². The van der Waals surface area contributed by atoms with E-state index < -0.39 is 29.0 Å². The Morgan fingerprint density at radius 2 is 1.54 bits per heavy atom. The second kappa shape index (κ2) is 9.95. The molecule has 134 valence electrons. The molecule has 0 aromatic heterocycles. The van der Waals surface area contributed by atoms with Gasteiger partial charge >= 0.3 is 0 Å². The van der Waals surface area contributed by atoms with Gasteiger partial charge in [-0.1, -0.05) is 13.8 Å². The lowest BCUT2D eigenvalue weighted by Gasteiger charge is -2.21. The Morgan fingerprint density at radius 3 is 2.12 bits per heavy atom. The molecule has 1 aromatic rings. The molecule has 2 amide bonds. The lowest BCUT2D eigenvalue weighted by Crippen LogP contribution is -2.32. The van der Waals surface area contributed by atoms with E-state index in [1.165, 1.54) is 0 Å². The molecule has 7 heteroatoms. The minimum absolute atomic E-state index is 0.00370. The summed E-state index contributed by atoms with van der Waals surface area (Å²) in [5.41, 5.74) is -0.413. The van der Waals surface area contributed by atoms with Gasteiger partial charge in [0.2, 0.25) is 11.8 Å². The molecule has 0 atom stereocenters. The molecule has 0 bridgehead atoms. The predicted octanol–water partition coefficient (Wildman–Crippen LogP) is 3.86. The Bertz CT molecular complexity index is 573. The molecule has 0 saturated carbocycles. The Morgan fingerprint density at radius 1 is 0.958 bits per heavy atom. The molecule has 0 saturated heterocycles. The van der Waals surface area contributed by atoms with Gasteiger partial charge in [0.15, 0.2) is 11.6 Å². The van der Waals surface area contributed by atoms with Crippen LogP contribution in [0.5, 0.6) is 0 Å². The molecule has 0 aliphatic rings. The molecule has 1 rings (SSSR count). The standard InChI is InChI=1S/C17H23F3N2O2/c1-3-8-22(9-4-2)17(24)7-5-6-16(23)21-15-11-13(19)12(18)10-14(15)20/h10-11H,3-9H2,1-2H3,(H,21,23). The van der Waals surface area contributed by atoms with Crippen molar-refractivity contribution in [3.8, 4) is 0 Å². The van der Waals surface area contributed by atoms with Gasteiger partial charge in [0, 0.05) is 38.1 Å². The van der Waals surface area contributed by atoms with Crippen LogP contribution in [0, 0.1) is 17.5 Å². The van der Waals surface area contributed by atoms with Gasteiger partial charge in [-0.3, -0.25) is 9.59 Å². The van der Waals surface area contributed by atoms with Crippen molar-refractivity contribution in [1.29, 1.82) is 0 Å². The van der Waals surface area contributed by atoms with E-state index in [9.17, 15) is 22.8 Å². The van der Waals surface area contributed by atoms with Gasteiger partial charge in [0.25, 0.3) is 0 Å². The quantitative estimate of drug-likeness (QED) is 0.692. The Balaban J connectivity index is 2.46. The van der Waals surface area contributed by atoms with Crippen LogP contribution < -0.4 is 5.32 Å². The molecule has 1 N–H and O–H groups in total. The first-order valence-electron chi connectivity index (χ1n) is 8.11. The van der Waals surface area contributed by atoms with Crippen LogP contribution in [0.25, 0.3) is 0 Å². The molecular weight excluding hydrogens is 321 g/mol. The SMILES string of the molecule is CCCN(CCC)C(=O)CCCC(=O)Nc1cc(F)c(F)cc1F. The maximum Gasteiger partial charge on any atom is 0.224 e. The zero-order chi connectivity index (χ0) is 18.1. The monoisotopic (exact) mass is 344 g/mol. The van der Waals surface area contributed by atoms with E-state index in [2.05, 4.69) is 5.32 Å². The fourth-order valence-corrected chi connectivity index (χ4v) is 2.29. The first-order valence-corrected chi connectivity index (χ1v) is 8.11. The fourth-order valence-electron chi connectivity index (χ4n) is 2.29. The highest BCUT2D eigenvalue weighted by Crippen LogP contribution is 2.18. The normalized spacial score (nSPS) is 10.5. The van der Waals surface area contributed by atoms with Gasteiger partial charge < -0.3 is 10.2 Å². The maximum absolute atomic E-state index is 13.4. The number of amides is 2. The molecule has 1 aromatic carbocycles. The Hall–Kier alpha value is -2.05. The van der Waals surface area contributed by atoms with E-state index in [-0.39, 0.29) is 18.7 Å². The molecule has 0 radical (unpaired) electrons. The second-order valence-corrected chi connectivity index (χ2v) is 5.53. The van der Waals surface area contributed by atoms with Crippen LogP contribution >= 0.6 is 0 Å². The molecule has 0 fully saturated rings. The minimum Gasteiger partial charge on any atom is -0.343 e. The molecule has 24 heavy (non-hydrogen) atoms. The number of hydrogen-bond acceptors (Lipinski definition) is 2. The third kappa shape index (κ3) is 6.22. The van der Waals surface area contributed by atoms with E-state index in [1.54, 1.807) is 4.90 Å². The number of nitrogens with one attached hydrogen (secondary N) is 1. The van der Waals surface area contributed by atoms with E-state index >= 15 is 0 Å². The van der Waals surface area contributed by atoms with E-state index in [4.69, 9.17) is 0 Å². The number of carbonyl (C=O) groups excluding carboxylic acids is 2. The van der Waals surface area contributed by atoms with E-state index in [0.717, 1.165) is 12.8 Å². The maximum atomic E-state index is 13.4. The average molecular weight is 344 g/mol. The average Bonchev–Trinajstić information content (AvgIpc) is 2.52. The summed E-state index contributed by atoms with van der Waals surface area (Å²) in [5, 5.41) is 2.19. The molecule has 0 heterocycles. The summed E-state index contributed by atoms with van der Waals surface area (Å²) < 4.78 is 39.3. The molecule has 0 spiro atoms. The molecular formula is C17H23F3N2O2. The Kier molecular flexibility index (Phi) is 8.29. The van der Waals surface area contributed by atoms with Crippen molar-refractivity contribution in [1.82, 2.24) is 4.90 Å². The highest BCUT2D eigenvalue weighted by molar-refractivity contribution is 5.91. The highest BCUT2D eigenvalue weighted by Gasteiger charge is 2.14. The van der Waals surface area contributed by atoms with Crippen molar-refractivity contribution in [2.45, 2.75) is 46.0 Å². The Labute approximate surface area is 140 Å². The first-order chi connectivity index (χ1) is 11.4. The van der Waals surface area contributed by atoms with Gasteiger partial charge in [0.1, 0.15) is 5.82 Å². The summed E-state index contributed by atoms with van der Waals surface area (Å²) in [4.78, 5) is 25.5. The summed E-state index contributed by atoms with van der Waals surface area (Å²) in [6.45, 7) is 5.33. The van der Waals surface area contributed by atoms with Crippen molar-refractivity contribution in [2.75, 3.05) is 18.4 Å². The number of carbonyl (C=O) groups is 2. The van der Waals surface area contributed by atoms with Crippen molar-refractivity contribution >= 4 is 17.5 Å². The number of hydrogen-bond donors (Lipinski definition) is 1. The summed E-state index contributed by atoms with van der Waals surface area (Å²) in [7, 11) is 0. The number of nitrogens with zero attached hydrogens (tertiary/aromatic N) is 1. The molecule has 0 aliphatic carbocycles. The van der Waals surface area contributed by atoms with E-state index in [0.29, 0.717) is 31.6 Å². The number of anilines is 1. The molecule has 0 aliphatic heterocycles. The lowest BCUT2D eigenvalue weighted by atomic mass is 10.2. The summed E-state index contributed by atoms with van der Waals surface area (Å²) >= 11 is 0. The zero-order valence-electron chi connectivity index (χ0n) is 14.0. The molecule has 4 nitrogen and oxygen atoms in total. The largest absolute Gasteiger partial charge is 0.343 e. The van der Waals surface area contributed by atoms with Gasteiger partial charge in [-0.05, 0) is 19.3 Å². The molecule has 0 unspecified atom stereocenters. The van der Waals surface area contributed by atoms with Crippen LogP contribution in [-0.4, -0.2) is 29.8 Å². The first kappa shape index (κ1) is 20.0. The van der Waals surface area contributed by atoms with Crippen LogP contribution in [0.15, 0.2) is 12.1 Å². The second-order valence-electron chi connectivity index (χ2n) is 5.53. The van der Waals surface area contributed by atoms with Crippen molar-refractivity contribution in [3.05, 3.63) is 29.6 Å². The van der Waals surface area contributed by atoms with Crippen molar-refractivity contribution < 1.29 is 22.8 Å². The summed E-state index contributed by atoms with van der Waals surface area (Å²) in [5.74, 6) is -4.18.